The number of fused-ring (bicyclic) bond motifs is 6. The molecule has 10 N–H and O–H groups in total. The molecule has 0 spiro atoms. The van der Waals surface area contributed by atoms with E-state index in [1.54, 1.807) is 68.2 Å². The molecule has 4 aromatic carbocycles. The monoisotopic (exact) mass is 2000 g/mol. The first-order chi connectivity index (χ1) is 65.5. The number of amides is 3. The molecule has 0 bridgehead atoms. The molecule has 4 aromatic rings. The van der Waals surface area contributed by atoms with Gasteiger partial charge in [0, 0.05) is 64.1 Å². The van der Waals surface area contributed by atoms with Crippen molar-refractivity contribution in [3.63, 3.8) is 0 Å². The third-order valence-electron chi connectivity index (χ3n) is 17.0. The maximum absolute atomic E-state index is 12.2. The van der Waals surface area contributed by atoms with Gasteiger partial charge in [0.05, 0.1) is 77.5 Å². The van der Waals surface area contributed by atoms with E-state index in [1.807, 2.05) is 145 Å². The number of azide groups is 4. The van der Waals surface area contributed by atoms with Crippen molar-refractivity contribution in [3.8, 4) is 22.3 Å². The van der Waals surface area contributed by atoms with Crippen LogP contribution < -0.4 is 21.7 Å². The lowest BCUT2D eigenvalue weighted by Gasteiger charge is -2.35. The Morgan fingerprint density at radius 3 is 0.922 bits per heavy atom. The smallest absolute Gasteiger partial charge is 0.407 e. The lowest BCUT2D eigenvalue weighted by atomic mass is 9.98. The van der Waals surface area contributed by atoms with Crippen molar-refractivity contribution in [1.29, 1.82) is 0 Å². The number of nitrogens with zero attached hydrogens (tertiary/aromatic N) is 15. The molecule has 4 atom stereocenters. The maximum Gasteiger partial charge on any atom is 0.407 e. The Hall–Kier alpha value is -14.3. The number of benzene rings is 4. The summed E-state index contributed by atoms with van der Waals surface area (Å²) < 4.78 is 50.7. The van der Waals surface area contributed by atoms with Crippen LogP contribution in [0.3, 0.4) is 0 Å². The average Bonchev–Trinajstić information content (AvgIpc) is 1.62. The molecule has 0 saturated carbocycles. The molecule has 49 heteroatoms. The van der Waals surface area contributed by atoms with Crippen LogP contribution in [0.1, 0.15) is 215 Å². The molecule has 0 saturated heterocycles. The highest BCUT2D eigenvalue weighted by atomic mass is 28.3. The summed E-state index contributed by atoms with van der Waals surface area (Å²) in [6, 6.07) is 28.2. The van der Waals surface area contributed by atoms with Gasteiger partial charge < -0.3 is 100 Å². The number of hydrogen-bond acceptors (Lipinski definition) is 30. The predicted molar refractivity (Wildman–Crippen MR) is 519 cm³/mol. The number of methoxy groups -OCH3 is 3. The van der Waals surface area contributed by atoms with E-state index in [4.69, 9.17) is 92.1 Å². The van der Waals surface area contributed by atoms with E-state index in [1.165, 1.54) is 21.3 Å². The molecule has 0 radical (unpaired) electrons. The molecule has 2 aliphatic rings. The van der Waals surface area contributed by atoms with E-state index in [9.17, 15) is 67.1 Å². The molecule has 2 aliphatic carbocycles. The Labute approximate surface area is 820 Å². The summed E-state index contributed by atoms with van der Waals surface area (Å²) in [6.07, 6.45) is -2.54. The fourth-order valence-corrected chi connectivity index (χ4v) is 11.5. The van der Waals surface area contributed by atoms with Crippen molar-refractivity contribution in [2.45, 2.75) is 271 Å². The molecule has 0 aromatic heterocycles. The molecule has 48 nitrogen and oxygen atoms in total. The Kier molecular flexibility index (Phi) is 63.8. The van der Waals surface area contributed by atoms with Crippen LogP contribution in [0.2, 0.25) is 19.6 Å². The summed E-state index contributed by atoms with van der Waals surface area (Å²) >= 11 is 0. The minimum atomic E-state index is -1.21. The zero-order chi connectivity index (χ0) is 109. The average molecular weight is 2000 g/mol. The van der Waals surface area contributed by atoms with Crippen LogP contribution in [0, 0.1) is 0 Å². The number of aliphatic carboxylic acids is 5. The van der Waals surface area contributed by atoms with Gasteiger partial charge in [-0.2, -0.15) is 4.79 Å². The number of alkyl carbamates (subject to hydrolysis) is 2. The molecular weight excluding hydrogens is 1860 g/mol. The number of nitrogens with two attached hydrogens (primary N) is 1. The van der Waals surface area contributed by atoms with Crippen LogP contribution in [0.25, 0.3) is 69.6 Å². The minimum absolute atomic E-state index is 0.0103. The molecule has 3 amide bonds. The number of carboxylic acid groups (broad SMARTS) is 5. The minimum Gasteiger partial charge on any atom is -0.481 e. The van der Waals surface area contributed by atoms with Crippen LogP contribution >= 0.6 is 0 Å². The van der Waals surface area contributed by atoms with Gasteiger partial charge in [0.1, 0.15) is 54.2 Å². The van der Waals surface area contributed by atoms with Crippen LogP contribution in [0.15, 0.2) is 118 Å². The third kappa shape index (κ3) is 66.0. The lowest BCUT2D eigenvalue weighted by Crippen LogP contribution is -2.43. The normalized spacial score (nSPS) is 12.0. The molecule has 0 heterocycles. The Morgan fingerprint density at radius 2 is 0.674 bits per heavy atom. The summed E-state index contributed by atoms with van der Waals surface area (Å²) in [4.78, 5) is 169. The highest BCUT2D eigenvalue weighted by Gasteiger charge is 2.34. The molecule has 0 aliphatic heterocycles. The first-order valence-corrected chi connectivity index (χ1v) is 47.6. The first kappa shape index (κ1) is 131. The van der Waals surface area contributed by atoms with Gasteiger partial charge in [-0.05, 0) is 210 Å². The summed E-state index contributed by atoms with van der Waals surface area (Å²) in [6.45, 7) is 34.6. The van der Waals surface area contributed by atoms with Crippen LogP contribution in [-0.2, 0) is 105 Å². The molecular formula is C92H139N19O29Si. The number of esters is 6. The second-order valence-electron chi connectivity index (χ2n) is 36.3. The van der Waals surface area contributed by atoms with Crippen molar-refractivity contribution in [2.24, 2.45) is 26.2 Å². The van der Waals surface area contributed by atoms with Gasteiger partial charge in [-0.3, -0.25) is 48.1 Å². The number of carbonyl (C=O) groups is 14. The molecule has 780 valence electrons. The van der Waals surface area contributed by atoms with E-state index in [0.717, 1.165) is 44.5 Å². The number of carboxylic acids is 5. The SMILES string of the molecule is CC(C)(C)OC(=O)CCC(=O)O.CC(C)(C)OC(=O)CCC(=O)O.CN(C)C(OC(C)(C)C)OC(C)(C)C.COC(=O)[C@@H](N)CCN=[N+]=[N-].COC(=O)[C@H](CCN=[N+]=[N-])NC(=O)CCC(=O)OC(C)(C)C.COC(=O)[C@H](CCN=[N+]=[N-])NC(=O)OCC1c2ccccc2-c2ccccc21.C[Si](C)(C)C=[N+]=[N-].O=C(O)CCC(=O)O.[N-]=[N+]=NCC[C@H](NC(=O)OCC1c2ccccc2-c2ccccc21)C(=O)O. The Bertz CT molecular complexity index is 4770. The summed E-state index contributed by atoms with van der Waals surface area (Å²) in [7, 11) is 6.37. The van der Waals surface area contributed by atoms with Crippen molar-refractivity contribution >= 4 is 97.7 Å². The highest BCUT2D eigenvalue weighted by Crippen LogP contribution is 2.46. The fraction of sp³-hybridized carbons (Fsp3) is 0.576. The quantitative estimate of drug-likeness (QED) is 0.00293. The summed E-state index contributed by atoms with van der Waals surface area (Å²) in [5, 5.41) is 61.9. The van der Waals surface area contributed by atoms with Crippen molar-refractivity contribution in [1.82, 2.24) is 20.9 Å². The highest BCUT2D eigenvalue weighted by molar-refractivity contribution is 6.98. The molecule has 141 heavy (non-hydrogen) atoms. The van der Waals surface area contributed by atoms with E-state index in [2.05, 4.69) is 107 Å². The molecule has 6 rings (SSSR count). The van der Waals surface area contributed by atoms with Gasteiger partial charge in [-0.25, -0.2) is 24.0 Å². The number of nitrogens with one attached hydrogen (secondary N) is 3. The topological polar surface area (TPSA) is 729 Å². The Balaban J connectivity index is -0.00000158. The zero-order valence-electron chi connectivity index (χ0n) is 84.4. The van der Waals surface area contributed by atoms with Gasteiger partial charge in [0.2, 0.25) is 18.2 Å². The number of hydrogen-bond donors (Lipinski definition) is 9. The molecule has 0 unspecified atom stereocenters. The number of rotatable bonds is 39. The van der Waals surface area contributed by atoms with E-state index >= 15 is 0 Å². The standard InChI is InChI=1S/C20H20N4O4.C19H18N4O4.C13H22N4O5.C11H25NO2.2C8H14O4.C5H10N4O2.C4H10N2Si.C4H6O4/c1-27-19(25)18(10-11-22-24-21)23-20(26)28-12-17-15-8-4-2-6-13(15)14-7-3-5-9-16(14)17;20-23-21-10-9-17(18(24)25)22-19(26)27-11-16-14-7-3-1-5-12(14)13-6-2-4-8-15(13)16;1-13(2,3)22-11(19)6-5-10(18)16-9(12(20)21-4)7-8-15-17-14;1-10(2,3)13-9(12(7)8)14-11(4,5)6;2*1-8(2,3)12-7(11)5-4-6(9)10;1-11-5(10)4(6)2-3-8-9-7;1-7(2,3)4-6-5;5-3(6)1-2-4(7)8/h2-9,17-18H,10-12H2,1H3,(H,23,26);1-8,16-17H,9-11H2,(H,22,26)(H,24,25);9H,5-8H2,1-4H3,(H,16,18);9H,1-8H3;2*4-5H2,1-3H3,(H,9,10);4H,2-3,6H2,1H3;4H,1-3H3;1-2H2,(H,5,6)(H,7,8)/t18-;17-;9-;;;;4-;;/m000...0../s1. The van der Waals surface area contributed by atoms with Crippen molar-refractivity contribution in [2.75, 3.05) is 74.8 Å². The predicted octanol–water partition coefficient (Wildman–Crippen LogP) is 15.0. The summed E-state index contributed by atoms with van der Waals surface area (Å²) in [5.74, 6) is -7.54. The van der Waals surface area contributed by atoms with Crippen molar-refractivity contribution < 1.29 is 145 Å². The van der Waals surface area contributed by atoms with Crippen LogP contribution in [0.5, 0.6) is 0 Å². The largest absolute Gasteiger partial charge is 0.481 e. The second kappa shape index (κ2) is 68.7. The van der Waals surface area contributed by atoms with Gasteiger partial charge in [-0.1, -0.05) is 137 Å². The van der Waals surface area contributed by atoms with Crippen LogP contribution in [0.4, 0.5) is 9.59 Å². The maximum atomic E-state index is 12.2. The molecule has 0 fully saturated rings. The fourth-order valence-electron chi connectivity index (χ4n) is 11.1. The van der Waals surface area contributed by atoms with E-state index < -0.39 is 133 Å². The van der Waals surface area contributed by atoms with Crippen LogP contribution in [-0.4, -0.2) is 266 Å². The van der Waals surface area contributed by atoms with Gasteiger partial charge in [-0.15, -0.1) is 0 Å². The van der Waals surface area contributed by atoms with E-state index in [0.29, 0.717) is 6.42 Å². The first-order valence-electron chi connectivity index (χ1n) is 44.0. The van der Waals surface area contributed by atoms with E-state index in [-0.39, 0.29) is 139 Å². The van der Waals surface area contributed by atoms with Gasteiger partial charge in [0.15, 0.2) is 8.07 Å². The van der Waals surface area contributed by atoms with Crippen molar-refractivity contribution in [3.05, 3.63) is 167 Å². The third-order valence-corrected chi connectivity index (χ3v) is 17.8. The summed E-state index contributed by atoms with van der Waals surface area (Å²) in [5.41, 5.74) is 52.8. The number of carbonyl (C=O) groups excluding carboxylic acids is 9. The van der Waals surface area contributed by atoms with Gasteiger partial charge >= 0.3 is 77.8 Å². The zero-order valence-corrected chi connectivity index (χ0v) is 85.4. The number of ether oxygens (including phenoxy) is 10. The lowest BCUT2D eigenvalue weighted by molar-refractivity contribution is -0.285. The van der Waals surface area contributed by atoms with Gasteiger partial charge in [0.25, 0.3) is 0 Å². The Morgan fingerprint density at radius 1 is 0.404 bits per heavy atom. The second-order valence-corrected chi connectivity index (χ2v) is 41.3.